The first-order valence-electron chi connectivity index (χ1n) is 4.71. The fourth-order valence-electron chi connectivity index (χ4n) is 1.21. The van der Waals surface area contributed by atoms with E-state index in [9.17, 15) is 9.18 Å². The minimum Gasteiger partial charge on any atom is -0.290 e. The number of carbonyl (C=O) groups excluding carboxylic acids is 1. The number of nitrogens with one attached hydrogen (secondary N) is 1. The topological polar surface area (TPSA) is 54.9 Å². The smallest absolute Gasteiger partial charge is 0.259 e. The Hall–Kier alpha value is -1.82. The number of anilines is 1. The Morgan fingerprint density at radius 1 is 1.24 bits per heavy atom. The van der Waals surface area contributed by atoms with Crippen LogP contribution >= 0.6 is 15.9 Å². The first-order chi connectivity index (χ1) is 8.18. The third-order valence-electron chi connectivity index (χ3n) is 1.99. The molecular formula is C11H7BrFN3O. The van der Waals surface area contributed by atoms with Gasteiger partial charge in [-0.2, -0.15) is 0 Å². The van der Waals surface area contributed by atoms with Crippen molar-refractivity contribution in [1.82, 2.24) is 9.97 Å². The summed E-state index contributed by atoms with van der Waals surface area (Å²) in [5, 5.41) is 2.47. The Morgan fingerprint density at radius 2 is 1.94 bits per heavy atom. The predicted octanol–water partition coefficient (Wildman–Crippen LogP) is 2.63. The summed E-state index contributed by atoms with van der Waals surface area (Å²) in [5.41, 5.74) is 0.192. The molecule has 0 bridgehead atoms. The summed E-state index contributed by atoms with van der Waals surface area (Å²) in [6, 6.07) is 5.86. The molecule has 4 nitrogen and oxygen atoms in total. The van der Waals surface area contributed by atoms with Crippen LogP contribution in [0.4, 0.5) is 10.3 Å². The zero-order chi connectivity index (χ0) is 12.3. The maximum Gasteiger partial charge on any atom is 0.259 e. The van der Waals surface area contributed by atoms with Gasteiger partial charge in [-0.3, -0.25) is 10.1 Å². The number of halogens is 2. The first-order valence-corrected chi connectivity index (χ1v) is 5.50. The van der Waals surface area contributed by atoms with Crippen LogP contribution in [0.2, 0.25) is 0 Å². The van der Waals surface area contributed by atoms with Crippen LogP contribution in [0.25, 0.3) is 0 Å². The van der Waals surface area contributed by atoms with Gasteiger partial charge in [-0.15, -0.1) is 0 Å². The fraction of sp³-hybridized carbons (Fsp3) is 0. The molecule has 1 heterocycles. The van der Waals surface area contributed by atoms with E-state index in [2.05, 4.69) is 31.2 Å². The number of hydrogen-bond donors (Lipinski definition) is 1. The minimum atomic E-state index is -0.494. The lowest BCUT2D eigenvalue weighted by Gasteiger charge is -2.05. The number of carbonyl (C=O) groups is 1. The van der Waals surface area contributed by atoms with Crippen molar-refractivity contribution >= 4 is 27.8 Å². The fourth-order valence-corrected chi connectivity index (χ4v) is 1.66. The third-order valence-corrected chi connectivity index (χ3v) is 2.79. The van der Waals surface area contributed by atoms with Crippen molar-refractivity contribution in [2.45, 2.75) is 0 Å². The highest BCUT2D eigenvalue weighted by Gasteiger charge is 2.13. The molecule has 0 saturated heterocycles. The van der Waals surface area contributed by atoms with Crippen molar-refractivity contribution in [3.63, 3.8) is 0 Å². The van der Waals surface area contributed by atoms with Crippen molar-refractivity contribution in [2.75, 3.05) is 5.32 Å². The van der Waals surface area contributed by atoms with Gasteiger partial charge in [-0.05, 0) is 34.1 Å². The van der Waals surface area contributed by atoms with Crippen LogP contribution in [0.3, 0.4) is 0 Å². The van der Waals surface area contributed by atoms with Gasteiger partial charge in [0.2, 0.25) is 5.95 Å². The van der Waals surface area contributed by atoms with E-state index in [-0.39, 0.29) is 16.0 Å². The molecule has 0 atom stereocenters. The van der Waals surface area contributed by atoms with E-state index in [0.29, 0.717) is 0 Å². The van der Waals surface area contributed by atoms with Crippen molar-refractivity contribution < 1.29 is 9.18 Å². The molecule has 6 heteroatoms. The van der Waals surface area contributed by atoms with Crippen LogP contribution in [0.15, 0.2) is 41.1 Å². The summed E-state index contributed by atoms with van der Waals surface area (Å²) in [7, 11) is 0. The van der Waals surface area contributed by atoms with Crippen LogP contribution in [-0.2, 0) is 0 Å². The molecule has 0 spiro atoms. The first kappa shape index (κ1) is 11.7. The molecule has 0 fully saturated rings. The van der Waals surface area contributed by atoms with E-state index in [0.717, 1.165) is 0 Å². The Kier molecular flexibility index (Phi) is 3.43. The summed E-state index contributed by atoms with van der Waals surface area (Å²) in [6.45, 7) is 0. The van der Waals surface area contributed by atoms with Gasteiger partial charge in [0.25, 0.3) is 5.91 Å². The lowest BCUT2D eigenvalue weighted by atomic mass is 10.2. The summed E-state index contributed by atoms with van der Waals surface area (Å²) >= 11 is 3.02. The molecule has 17 heavy (non-hydrogen) atoms. The van der Waals surface area contributed by atoms with Gasteiger partial charge in [-0.1, -0.05) is 6.07 Å². The van der Waals surface area contributed by atoms with Crippen LogP contribution in [-0.4, -0.2) is 15.9 Å². The Balaban J connectivity index is 2.24. The standard InChI is InChI=1S/C11H7BrFN3O/c12-9-7(3-1-4-8(9)13)10(17)16-11-14-5-2-6-15-11/h1-6H,(H,14,15,16,17). The summed E-state index contributed by atoms with van der Waals surface area (Å²) in [5.74, 6) is -0.789. The molecule has 0 radical (unpaired) electrons. The molecule has 0 unspecified atom stereocenters. The van der Waals surface area contributed by atoms with E-state index in [4.69, 9.17) is 0 Å². The third kappa shape index (κ3) is 2.65. The Bertz CT molecular complexity index is 548. The van der Waals surface area contributed by atoms with Crippen molar-refractivity contribution in [3.05, 3.63) is 52.5 Å². The number of rotatable bonds is 2. The van der Waals surface area contributed by atoms with Gasteiger partial charge in [0, 0.05) is 12.4 Å². The highest BCUT2D eigenvalue weighted by Crippen LogP contribution is 2.20. The van der Waals surface area contributed by atoms with Crippen LogP contribution in [0, 0.1) is 5.82 Å². The van der Waals surface area contributed by atoms with Gasteiger partial charge in [0.1, 0.15) is 5.82 Å². The van der Waals surface area contributed by atoms with Crippen LogP contribution in [0.1, 0.15) is 10.4 Å². The van der Waals surface area contributed by atoms with Gasteiger partial charge in [0.15, 0.2) is 0 Å². The van der Waals surface area contributed by atoms with E-state index in [1.54, 1.807) is 6.07 Å². The number of amides is 1. The lowest BCUT2D eigenvalue weighted by molar-refractivity contribution is 0.102. The molecule has 0 aliphatic rings. The summed E-state index contributed by atoms with van der Waals surface area (Å²) in [4.78, 5) is 19.5. The number of benzene rings is 1. The summed E-state index contributed by atoms with van der Waals surface area (Å²) in [6.07, 6.45) is 3.01. The van der Waals surface area contributed by atoms with E-state index in [1.165, 1.54) is 30.6 Å². The van der Waals surface area contributed by atoms with Crippen LogP contribution < -0.4 is 5.32 Å². The average molecular weight is 296 g/mol. The van der Waals surface area contributed by atoms with Gasteiger partial charge >= 0.3 is 0 Å². The lowest BCUT2D eigenvalue weighted by Crippen LogP contribution is -2.14. The molecule has 1 amide bonds. The molecule has 2 aromatic rings. The number of aromatic nitrogens is 2. The largest absolute Gasteiger partial charge is 0.290 e. The molecule has 0 aliphatic heterocycles. The second-order valence-electron chi connectivity index (χ2n) is 3.13. The van der Waals surface area contributed by atoms with E-state index >= 15 is 0 Å². The molecular weight excluding hydrogens is 289 g/mol. The predicted molar refractivity (Wildman–Crippen MR) is 64.1 cm³/mol. The molecule has 0 aliphatic carbocycles. The molecule has 0 saturated carbocycles. The Labute approximate surface area is 105 Å². The molecule has 2 rings (SSSR count). The van der Waals surface area contributed by atoms with Crippen LogP contribution in [0.5, 0.6) is 0 Å². The molecule has 1 aromatic heterocycles. The van der Waals surface area contributed by atoms with Crippen molar-refractivity contribution in [3.8, 4) is 0 Å². The monoisotopic (exact) mass is 295 g/mol. The minimum absolute atomic E-state index is 0.119. The molecule has 1 N–H and O–H groups in total. The zero-order valence-electron chi connectivity index (χ0n) is 8.52. The maximum absolute atomic E-state index is 13.2. The highest BCUT2D eigenvalue weighted by molar-refractivity contribution is 9.10. The quantitative estimate of drug-likeness (QED) is 0.927. The second-order valence-corrected chi connectivity index (χ2v) is 3.92. The number of nitrogens with zero attached hydrogens (tertiary/aromatic N) is 2. The van der Waals surface area contributed by atoms with E-state index < -0.39 is 11.7 Å². The number of hydrogen-bond acceptors (Lipinski definition) is 3. The maximum atomic E-state index is 13.2. The van der Waals surface area contributed by atoms with Gasteiger partial charge in [-0.25, -0.2) is 14.4 Å². The SMILES string of the molecule is O=C(Nc1ncccn1)c1cccc(F)c1Br. The van der Waals surface area contributed by atoms with E-state index in [1.807, 2.05) is 0 Å². The van der Waals surface area contributed by atoms with Gasteiger partial charge in [0.05, 0.1) is 10.0 Å². The average Bonchev–Trinajstić information content (AvgIpc) is 2.34. The van der Waals surface area contributed by atoms with Gasteiger partial charge < -0.3 is 0 Å². The zero-order valence-corrected chi connectivity index (χ0v) is 10.1. The van der Waals surface area contributed by atoms with Crippen molar-refractivity contribution in [1.29, 1.82) is 0 Å². The Morgan fingerprint density at radius 3 is 2.65 bits per heavy atom. The van der Waals surface area contributed by atoms with Crippen molar-refractivity contribution in [2.24, 2.45) is 0 Å². The molecule has 1 aromatic carbocycles. The highest BCUT2D eigenvalue weighted by atomic mass is 79.9. The second kappa shape index (κ2) is 5.01. The molecule has 86 valence electrons. The summed E-state index contributed by atoms with van der Waals surface area (Å²) < 4.78 is 13.3. The normalized spacial score (nSPS) is 10.0.